The van der Waals surface area contributed by atoms with Crippen molar-refractivity contribution in [3.05, 3.63) is 129 Å². The van der Waals surface area contributed by atoms with E-state index in [0.717, 1.165) is 21.9 Å². The molecule has 4 aromatic rings. The van der Waals surface area contributed by atoms with Gasteiger partial charge in [0, 0.05) is 29.0 Å². The predicted molar refractivity (Wildman–Crippen MR) is 179 cm³/mol. The number of nitrogens with zero attached hydrogens (tertiary/aromatic N) is 2. The Kier molecular flexibility index (Phi) is 11.6. The Hall–Kier alpha value is -3.66. The lowest BCUT2D eigenvalue weighted by atomic mass is 10.0. The summed E-state index contributed by atoms with van der Waals surface area (Å²) in [5, 5.41) is 3.43. The zero-order valence-electron chi connectivity index (χ0n) is 24.6. The summed E-state index contributed by atoms with van der Waals surface area (Å²) >= 11 is 9.72. The molecule has 0 spiro atoms. The minimum Gasteiger partial charge on any atom is -0.354 e. The summed E-state index contributed by atoms with van der Waals surface area (Å²) in [5.74, 6) is -0.852. The Morgan fingerprint density at radius 2 is 1.57 bits per heavy atom. The largest absolute Gasteiger partial charge is 0.354 e. The maximum absolute atomic E-state index is 14.4. The highest BCUT2D eigenvalue weighted by molar-refractivity contribution is 9.10. The number of hydrogen-bond acceptors (Lipinski definition) is 4. The van der Waals surface area contributed by atoms with E-state index in [0.29, 0.717) is 27.3 Å². The van der Waals surface area contributed by atoms with Crippen molar-refractivity contribution >= 4 is 55.1 Å². The maximum Gasteiger partial charge on any atom is 0.264 e. The minimum atomic E-state index is -4.17. The molecule has 44 heavy (non-hydrogen) atoms. The predicted octanol–water partition coefficient (Wildman–Crippen LogP) is 6.77. The van der Waals surface area contributed by atoms with Gasteiger partial charge in [-0.1, -0.05) is 101 Å². The zero-order chi connectivity index (χ0) is 31.7. The van der Waals surface area contributed by atoms with Gasteiger partial charge in [0.2, 0.25) is 11.8 Å². The van der Waals surface area contributed by atoms with Crippen LogP contribution in [0, 0.1) is 6.92 Å². The molecule has 2 amide bonds. The summed E-state index contributed by atoms with van der Waals surface area (Å²) in [6, 6.07) is 28.9. The van der Waals surface area contributed by atoms with E-state index in [4.69, 9.17) is 11.6 Å². The van der Waals surface area contributed by atoms with E-state index in [9.17, 15) is 18.0 Å². The molecule has 0 saturated heterocycles. The van der Waals surface area contributed by atoms with E-state index in [1.807, 2.05) is 50.2 Å². The van der Waals surface area contributed by atoms with E-state index >= 15 is 0 Å². The Morgan fingerprint density at radius 1 is 0.886 bits per heavy atom. The summed E-state index contributed by atoms with van der Waals surface area (Å²) in [7, 11) is -4.17. The van der Waals surface area contributed by atoms with Crippen LogP contribution in [0.15, 0.2) is 112 Å². The summed E-state index contributed by atoms with van der Waals surface area (Å²) in [6.07, 6.45) is 0.960. The molecule has 10 heteroatoms. The number of nitrogens with one attached hydrogen (secondary N) is 1. The molecular weight excluding hydrogens is 662 g/mol. The monoisotopic (exact) mass is 695 g/mol. The number of amides is 2. The number of sulfonamides is 1. The number of benzene rings is 4. The first-order valence-corrected chi connectivity index (χ1v) is 16.9. The average Bonchev–Trinajstić information content (AvgIpc) is 3.01. The average molecular weight is 697 g/mol. The fourth-order valence-corrected chi connectivity index (χ4v) is 6.76. The third kappa shape index (κ3) is 8.71. The van der Waals surface area contributed by atoms with Crippen molar-refractivity contribution in [3.8, 4) is 0 Å². The summed E-state index contributed by atoms with van der Waals surface area (Å²) in [4.78, 5) is 29.6. The second-order valence-corrected chi connectivity index (χ2v) is 13.7. The van der Waals surface area contributed by atoms with E-state index in [1.54, 1.807) is 54.6 Å². The first-order valence-electron chi connectivity index (χ1n) is 14.3. The van der Waals surface area contributed by atoms with Crippen molar-refractivity contribution < 1.29 is 18.0 Å². The number of rotatable bonds is 13. The van der Waals surface area contributed by atoms with Crippen LogP contribution in [0.5, 0.6) is 0 Å². The zero-order valence-corrected chi connectivity index (χ0v) is 27.8. The van der Waals surface area contributed by atoms with Gasteiger partial charge in [0.25, 0.3) is 10.0 Å². The molecule has 0 bridgehead atoms. The van der Waals surface area contributed by atoms with Crippen LogP contribution in [0.2, 0.25) is 5.02 Å². The van der Waals surface area contributed by atoms with Crippen molar-refractivity contribution in [2.75, 3.05) is 17.4 Å². The van der Waals surface area contributed by atoms with Gasteiger partial charge in [-0.2, -0.15) is 0 Å². The summed E-state index contributed by atoms with van der Waals surface area (Å²) in [6.45, 7) is 3.78. The smallest absolute Gasteiger partial charge is 0.264 e. The van der Waals surface area contributed by atoms with Gasteiger partial charge in [0.05, 0.1) is 10.6 Å². The van der Waals surface area contributed by atoms with E-state index in [-0.39, 0.29) is 23.8 Å². The fourth-order valence-electron chi connectivity index (χ4n) is 4.75. The minimum absolute atomic E-state index is 0.0490. The van der Waals surface area contributed by atoms with Gasteiger partial charge in [-0.05, 0) is 66.9 Å². The van der Waals surface area contributed by atoms with Crippen molar-refractivity contribution in [1.29, 1.82) is 0 Å². The molecule has 7 nitrogen and oxygen atoms in total. The Balaban J connectivity index is 1.80. The molecule has 1 N–H and O–H groups in total. The maximum atomic E-state index is 14.4. The first-order chi connectivity index (χ1) is 21.1. The number of carbonyl (C=O) groups is 2. The quantitative estimate of drug-likeness (QED) is 0.167. The van der Waals surface area contributed by atoms with Gasteiger partial charge >= 0.3 is 0 Å². The van der Waals surface area contributed by atoms with Crippen molar-refractivity contribution in [2.24, 2.45) is 0 Å². The van der Waals surface area contributed by atoms with Crippen molar-refractivity contribution in [3.63, 3.8) is 0 Å². The van der Waals surface area contributed by atoms with Crippen LogP contribution in [-0.2, 0) is 32.6 Å². The number of aryl methyl sites for hydroxylation is 1. The van der Waals surface area contributed by atoms with Gasteiger partial charge in [0.15, 0.2) is 0 Å². The van der Waals surface area contributed by atoms with Gasteiger partial charge in [-0.15, -0.1) is 0 Å². The van der Waals surface area contributed by atoms with Crippen molar-refractivity contribution in [2.45, 2.75) is 44.2 Å². The van der Waals surface area contributed by atoms with Gasteiger partial charge in [-0.25, -0.2) is 8.42 Å². The van der Waals surface area contributed by atoms with Crippen LogP contribution in [0.1, 0.15) is 30.0 Å². The SMILES string of the molecule is CCCNC(=O)C(Cc1ccccc1)N(Cc1cccc(Cl)c1)C(=O)CN(c1cccc(Br)c1)S(=O)(=O)c1ccc(C)cc1. The molecule has 0 radical (unpaired) electrons. The van der Waals surface area contributed by atoms with Crippen LogP contribution in [0.3, 0.4) is 0 Å². The van der Waals surface area contributed by atoms with Crippen LogP contribution in [0.4, 0.5) is 5.69 Å². The molecule has 0 fully saturated rings. The molecule has 0 aromatic heterocycles. The highest BCUT2D eigenvalue weighted by Crippen LogP contribution is 2.28. The molecular formula is C34H35BrClN3O4S. The highest BCUT2D eigenvalue weighted by Gasteiger charge is 2.34. The second kappa shape index (κ2) is 15.4. The molecule has 230 valence electrons. The number of hydrogen-bond donors (Lipinski definition) is 1. The number of halogens is 2. The molecule has 0 aliphatic carbocycles. The molecule has 0 aliphatic rings. The second-order valence-electron chi connectivity index (χ2n) is 10.5. The van der Waals surface area contributed by atoms with E-state index in [2.05, 4.69) is 21.2 Å². The molecule has 1 atom stereocenters. The lowest BCUT2D eigenvalue weighted by Crippen LogP contribution is -2.53. The lowest BCUT2D eigenvalue weighted by molar-refractivity contribution is -0.140. The van der Waals surface area contributed by atoms with Crippen LogP contribution in [-0.4, -0.2) is 44.3 Å². The van der Waals surface area contributed by atoms with E-state index < -0.39 is 28.5 Å². The summed E-state index contributed by atoms with van der Waals surface area (Å²) in [5.41, 5.74) is 2.79. The Labute approximate surface area is 273 Å². The van der Waals surface area contributed by atoms with E-state index in [1.165, 1.54) is 17.0 Å². The van der Waals surface area contributed by atoms with Gasteiger partial charge < -0.3 is 10.2 Å². The third-order valence-corrected chi connectivity index (χ3v) is 9.56. The third-order valence-electron chi connectivity index (χ3n) is 7.05. The van der Waals surface area contributed by atoms with Crippen LogP contribution < -0.4 is 9.62 Å². The van der Waals surface area contributed by atoms with Crippen LogP contribution >= 0.6 is 27.5 Å². The molecule has 0 saturated carbocycles. The number of anilines is 1. The fraction of sp³-hybridized carbons (Fsp3) is 0.235. The normalized spacial score (nSPS) is 11.9. The molecule has 4 rings (SSSR count). The topological polar surface area (TPSA) is 86.8 Å². The van der Waals surface area contributed by atoms with Crippen molar-refractivity contribution in [1.82, 2.24) is 10.2 Å². The first kappa shape index (κ1) is 33.2. The molecule has 1 unspecified atom stereocenters. The number of carbonyl (C=O) groups excluding carboxylic acids is 2. The van der Waals surface area contributed by atoms with Gasteiger partial charge in [-0.3, -0.25) is 13.9 Å². The lowest BCUT2D eigenvalue weighted by Gasteiger charge is -2.34. The molecule has 4 aromatic carbocycles. The Morgan fingerprint density at radius 3 is 2.23 bits per heavy atom. The Bertz CT molecular complexity index is 1680. The van der Waals surface area contributed by atoms with Crippen LogP contribution in [0.25, 0.3) is 0 Å². The standard InChI is InChI=1S/C34H35BrClN3O4S/c1-3-19-37-34(41)32(21-26-9-5-4-6-10-26)38(23-27-11-7-13-29(36)20-27)33(40)24-39(30-14-8-12-28(35)22-30)44(42,43)31-17-15-25(2)16-18-31/h4-18,20,22,32H,3,19,21,23-24H2,1-2H3,(H,37,41). The highest BCUT2D eigenvalue weighted by atomic mass is 79.9. The molecule has 0 aliphatic heterocycles. The molecule has 0 heterocycles. The van der Waals surface area contributed by atoms with Gasteiger partial charge in [0.1, 0.15) is 12.6 Å². The summed E-state index contributed by atoms with van der Waals surface area (Å²) < 4.78 is 29.9.